The van der Waals surface area contributed by atoms with Gasteiger partial charge in [0.2, 0.25) is 0 Å². The minimum atomic E-state index is 0.0972. The minimum absolute atomic E-state index is 0.0972. The highest BCUT2D eigenvalue weighted by Crippen LogP contribution is 2.26. The first-order valence-corrected chi connectivity index (χ1v) is 6.84. The van der Waals surface area contributed by atoms with Gasteiger partial charge in [-0.05, 0) is 49.2 Å². The molecule has 3 nitrogen and oxygen atoms in total. The van der Waals surface area contributed by atoms with Crippen LogP contribution in [0.25, 0.3) is 0 Å². The summed E-state index contributed by atoms with van der Waals surface area (Å²) in [5.74, 6) is 0.958. The molecule has 0 saturated carbocycles. The molecule has 0 aliphatic rings. The summed E-state index contributed by atoms with van der Waals surface area (Å²) in [6, 6.07) is 13.4. The van der Waals surface area contributed by atoms with Crippen molar-refractivity contribution in [1.82, 2.24) is 0 Å². The number of phenols is 1. The van der Waals surface area contributed by atoms with E-state index in [0.29, 0.717) is 5.02 Å². The van der Waals surface area contributed by atoms with Crippen LogP contribution in [0.1, 0.15) is 12.5 Å². The zero-order chi connectivity index (χ0) is 14.5. The normalized spacial score (nSPS) is 11.9. The molecule has 0 aliphatic heterocycles. The van der Waals surface area contributed by atoms with Crippen molar-refractivity contribution in [2.24, 2.45) is 0 Å². The van der Waals surface area contributed by atoms with Gasteiger partial charge in [-0.2, -0.15) is 0 Å². The van der Waals surface area contributed by atoms with Crippen molar-refractivity contribution in [3.05, 3.63) is 53.1 Å². The maximum Gasteiger partial charge on any atom is 0.134 e. The van der Waals surface area contributed by atoms with Crippen LogP contribution in [0.15, 0.2) is 42.5 Å². The van der Waals surface area contributed by atoms with E-state index >= 15 is 0 Å². The zero-order valence-corrected chi connectivity index (χ0v) is 12.3. The maximum absolute atomic E-state index is 9.39. The Balaban J connectivity index is 1.97. The molecule has 0 aromatic heterocycles. The number of benzene rings is 2. The van der Waals surface area contributed by atoms with Crippen LogP contribution in [0.3, 0.4) is 0 Å². The van der Waals surface area contributed by atoms with Crippen molar-refractivity contribution in [2.75, 3.05) is 12.4 Å². The molecule has 1 atom stereocenters. The van der Waals surface area contributed by atoms with Gasteiger partial charge in [-0.1, -0.05) is 23.7 Å². The highest BCUT2D eigenvalue weighted by Gasteiger charge is 2.06. The van der Waals surface area contributed by atoms with Gasteiger partial charge in [0.05, 0.1) is 12.1 Å². The number of ether oxygens (including phenoxy) is 1. The van der Waals surface area contributed by atoms with E-state index in [9.17, 15) is 5.11 Å². The van der Waals surface area contributed by atoms with Gasteiger partial charge in [-0.3, -0.25) is 0 Å². The average molecular weight is 292 g/mol. The highest BCUT2D eigenvalue weighted by molar-refractivity contribution is 6.32. The lowest BCUT2D eigenvalue weighted by Crippen LogP contribution is -2.17. The van der Waals surface area contributed by atoms with Crippen LogP contribution >= 0.6 is 11.6 Å². The van der Waals surface area contributed by atoms with Gasteiger partial charge in [-0.15, -0.1) is 0 Å². The summed E-state index contributed by atoms with van der Waals surface area (Å²) in [6.45, 7) is 2.10. The summed E-state index contributed by atoms with van der Waals surface area (Å²) < 4.78 is 5.14. The molecule has 0 fully saturated rings. The van der Waals surface area contributed by atoms with Gasteiger partial charge in [0, 0.05) is 11.7 Å². The minimum Gasteiger partial charge on any atom is -0.506 e. The summed E-state index contributed by atoms with van der Waals surface area (Å²) in [7, 11) is 1.66. The van der Waals surface area contributed by atoms with E-state index in [4.69, 9.17) is 16.3 Å². The fourth-order valence-electron chi connectivity index (χ4n) is 2.05. The second-order valence-electron chi connectivity index (χ2n) is 4.76. The molecule has 106 valence electrons. The van der Waals surface area contributed by atoms with Gasteiger partial charge in [0.25, 0.3) is 0 Å². The number of phenolic OH excluding ortho intramolecular Hbond substituents is 1. The number of hydrogen-bond acceptors (Lipinski definition) is 3. The summed E-state index contributed by atoms with van der Waals surface area (Å²) in [4.78, 5) is 0. The molecule has 0 heterocycles. The molecule has 0 aliphatic carbocycles. The van der Waals surface area contributed by atoms with Crippen molar-refractivity contribution in [3.8, 4) is 11.5 Å². The SMILES string of the molecule is COc1ccc(CC(C)Nc2ccc(O)c(Cl)c2)cc1. The van der Waals surface area contributed by atoms with E-state index < -0.39 is 0 Å². The summed E-state index contributed by atoms with van der Waals surface area (Å²) in [5, 5.41) is 13.1. The summed E-state index contributed by atoms with van der Waals surface area (Å²) >= 11 is 5.89. The van der Waals surface area contributed by atoms with Gasteiger partial charge in [0.15, 0.2) is 0 Å². The first kappa shape index (κ1) is 14.5. The molecule has 0 spiro atoms. The third kappa shape index (κ3) is 3.81. The molecule has 0 saturated heterocycles. The summed E-state index contributed by atoms with van der Waals surface area (Å²) in [5.41, 5.74) is 2.13. The van der Waals surface area contributed by atoms with E-state index in [2.05, 4.69) is 24.4 Å². The quantitative estimate of drug-likeness (QED) is 0.815. The molecule has 0 amide bonds. The van der Waals surface area contributed by atoms with Gasteiger partial charge >= 0.3 is 0 Å². The Hall–Kier alpha value is -1.87. The monoisotopic (exact) mass is 291 g/mol. The largest absolute Gasteiger partial charge is 0.506 e. The molecule has 2 N–H and O–H groups in total. The van der Waals surface area contributed by atoms with E-state index in [-0.39, 0.29) is 11.8 Å². The van der Waals surface area contributed by atoms with Crippen LogP contribution in [0.5, 0.6) is 11.5 Å². The third-order valence-corrected chi connectivity index (χ3v) is 3.36. The number of aromatic hydroxyl groups is 1. The number of halogens is 1. The van der Waals surface area contributed by atoms with E-state index in [1.165, 1.54) is 5.56 Å². The Morgan fingerprint density at radius 2 is 1.90 bits per heavy atom. The lowest BCUT2D eigenvalue weighted by atomic mass is 10.1. The van der Waals surface area contributed by atoms with E-state index in [0.717, 1.165) is 17.9 Å². The number of anilines is 1. The predicted octanol–water partition coefficient (Wildman–Crippen LogP) is 4.10. The number of hydrogen-bond donors (Lipinski definition) is 2. The Kier molecular flexibility index (Phi) is 4.74. The van der Waals surface area contributed by atoms with Gasteiger partial charge < -0.3 is 15.2 Å². The molecule has 0 bridgehead atoms. The van der Waals surface area contributed by atoms with Crippen molar-refractivity contribution in [1.29, 1.82) is 0 Å². The molecule has 0 radical (unpaired) electrons. The second-order valence-corrected chi connectivity index (χ2v) is 5.17. The number of nitrogens with one attached hydrogen (secondary N) is 1. The molecule has 4 heteroatoms. The summed E-state index contributed by atoms with van der Waals surface area (Å²) in [6.07, 6.45) is 0.891. The van der Waals surface area contributed by atoms with Crippen LogP contribution in [-0.4, -0.2) is 18.3 Å². The van der Waals surface area contributed by atoms with Crippen molar-refractivity contribution in [2.45, 2.75) is 19.4 Å². The van der Waals surface area contributed by atoms with Crippen LogP contribution in [0.2, 0.25) is 5.02 Å². The Bertz CT molecular complexity index is 569. The lowest BCUT2D eigenvalue weighted by molar-refractivity contribution is 0.414. The van der Waals surface area contributed by atoms with E-state index in [1.54, 1.807) is 19.2 Å². The van der Waals surface area contributed by atoms with Crippen LogP contribution in [-0.2, 0) is 6.42 Å². The topological polar surface area (TPSA) is 41.5 Å². The number of rotatable bonds is 5. The molecule has 2 rings (SSSR count). The second kappa shape index (κ2) is 6.53. The smallest absolute Gasteiger partial charge is 0.134 e. The third-order valence-electron chi connectivity index (χ3n) is 3.06. The standard InChI is InChI=1S/C16H18ClNO2/c1-11(9-12-3-6-14(20-2)7-4-12)18-13-5-8-16(19)15(17)10-13/h3-8,10-11,18-19H,9H2,1-2H3. The van der Waals surface area contributed by atoms with E-state index in [1.807, 2.05) is 18.2 Å². The van der Waals surface area contributed by atoms with Crippen LogP contribution in [0.4, 0.5) is 5.69 Å². The molecule has 20 heavy (non-hydrogen) atoms. The molecule has 2 aromatic carbocycles. The Morgan fingerprint density at radius 3 is 2.50 bits per heavy atom. The van der Waals surface area contributed by atoms with Gasteiger partial charge in [0.1, 0.15) is 11.5 Å². The van der Waals surface area contributed by atoms with Gasteiger partial charge in [-0.25, -0.2) is 0 Å². The Labute approximate surface area is 124 Å². The molecular formula is C16H18ClNO2. The fourth-order valence-corrected chi connectivity index (χ4v) is 2.23. The average Bonchev–Trinajstić information content (AvgIpc) is 2.44. The van der Waals surface area contributed by atoms with Crippen molar-refractivity contribution in [3.63, 3.8) is 0 Å². The van der Waals surface area contributed by atoms with Crippen molar-refractivity contribution >= 4 is 17.3 Å². The van der Waals surface area contributed by atoms with Crippen LogP contribution < -0.4 is 10.1 Å². The van der Waals surface area contributed by atoms with Crippen molar-refractivity contribution < 1.29 is 9.84 Å². The highest BCUT2D eigenvalue weighted by atomic mass is 35.5. The van der Waals surface area contributed by atoms with Crippen LogP contribution in [0, 0.1) is 0 Å². The predicted molar refractivity (Wildman–Crippen MR) is 82.9 cm³/mol. The fraction of sp³-hybridized carbons (Fsp3) is 0.250. The maximum atomic E-state index is 9.39. The molecule has 2 aromatic rings. The Morgan fingerprint density at radius 1 is 1.20 bits per heavy atom. The molecular weight excluding hydrogens is 274 g/mol. The number of methoxy groups -OCH3 is 1. The first-order chi connectivity index (χ1) is 9.58. The lowest BCUT2D eigenvalue weighted by Gasteiger charge is -2.16. The first-order valence-electron chi connectivity index (χ1n) is 6.46. The molecule has 1 unspecified atom stereocenters. The zero-order valence-electron chi connectivity index (χ0n) is 11.6.